The fraction of sp³-hybridized carbons (Fsp3) is 0.300. The highest BCUT2D eigenvalue weighted by atomic mass is 35.5. The van der Waals surface area contributed by atoms with Crippen LogP contribution in [0.4, 0.5) is 5.69 Å². The van der Waals surface area contributed by atoms with Gasteiger partial charge < -0.3 is 19.7 Å². The van der Waals surface area contributed by atoms with Crippen LogP contribution in [0, 0.1) is 6.92 Å². The van der Waals surface area contributed by atoms with Gasteiger partial charge in [-0.3, -0.25) is 9.59 Å². The van der Waals surface area contributed by atoms with E-state index >= 15 is 0 Å². The Labute approximate surface area is 164 Å². The maximum atomic E-state index is 12.2. The van der Waals surface area contributed by atoms with Crippen molar-refractivity contribution in [3.63, 3.8) is 0 Å². The molecule has 1 N–H and O–H groups in total. The number of halogens is 1. The van der Waals surface area contributed by atoms with Crippen LogP contribution < -0.4 is 19.7 Å². The van der Waals surface area contributed by atoms with Gasteiger partial charge in [-0.05, 0) is 48.9 Å². The Balaban J connectivity index is 1.83. The zero-order valence-electron chi connectivity index (χ0n) is 15.6. The molecule has 2 rings (SSSR count). The Bertz CT molecular complexity index is 793. The summed E-state index contributed by atoms with van der Waals surface area (Å²) >= 11 is 6.12. The third-order valence-electron chi connectivity index (χ3n) is 3.90. The maximum Gasteiger partial charge on any atom is 0.240 e. The smallest absolute Gasteiger partial charge is 0.240 e. The van der Waals surface area contributed by atoms with Crippen LogP contribution in [-0.4, -0.2) is 38.6 Å². The van der Waals surface area contributed by atoms with E-state index in [1.165, 1.54) is 11.8 Å². The van der Waals surface area contributed by atoms with Crippen molar-refractivity contribution in [1.82, 2.24) is 5.32 Å². The quantitative estimate of drug-likeness (QED) is 0.703. The molecular weight excluding hydrogens is 368 g/mol. The first kappa shape index (κ1) is 20.6. The zero-order valence-corrected chi connectivity index (χ0v) is 16.4. The number of rotatable bonds is 8. The molecule has 0 fully saturated rings. The van der Waals surface area contributed by atoms with E-state index in [0.29, 0.717) is 29.6 Å². The summed E-state index contributed by atoms with van der Waals surface area (Å²) in [7, 11) is 1.60. The molecule has 27 heavy (non-hydrogen) atoms. The fourth-order valence-electron chi connectivity index (χ4n) is 2.36. The number of hydrogen-bond acceptors (Lipinski definition) is 4. The summed E-state index contributed by atoms with van der Waals surface area (Å²) in [6, 6.07) is 12.4. The van der Waals surface area contributed by atoms with Gasteiger partial charge in [0.25, 0.3) is 0 Å². The predicted octanol–water partition coefficient (Wildman–Crippen LogP) is 3.21. The first-order valence-corrected chi connectivity index (χ1v) is 8.86. The number of methoxy groups -OCH3 is 1. The number of carbonyl (C=O) groups excluding carboxylic acids is 2. The van der Waals surface area contributed by atoms with Crippen molar-refractivity contribution >= 4 is 29.1 Å². The minimum atomic E-state index is -0.278. The van der Waals surface area contributed by atoms with Crippen LogP contribution in [0.5, 0.6) is 11.5 Å². The van der Waals surface area contributed by atoms with Crippen molar-refractivity contribution in [2.24, 2.45) is 0 Å². The van der Waals surface area contributed by atoms with Crippen molar-refractivity contribution < 1.29 is 19.1 Å². The molecule has 2 aromatic carbocycles. The summed E-state index contributed by atoms with van der Waals surface area (Å²) in [6.07, 6.45) is 0. The van der Waals surface area contributed by atoms with E-state index in [-0.39, 0.29) is 18.4 Å². The molecule has 0 spiro atoms. The van der Waals surface area contributed by atoms with Gasteiger partial charge in [0.15, 0.2) is 0 Å². The molecule has 2 aromatic rings. The van der Waals surface area contributed by atoms with Crippen LogP contribution in [0.3, 0.4) is 0 Å². The second-order valence-electron chi connectivity index (χ2n) is 5.91. The SMILES string of the molecule is COc1ccc(OCCNC(=O)CN(C(C)=O)c2ccc(C)c(Cl)c2)cc1. The Morgan fingerprint density at radius 1 is 1.11 bits per heavy atom. The van der Waals surface area contributed by atoms with E-state index in [9.17, 15) is 9.59 Å². The zero-order chi connectivity index (χ0) is 19.8. The third-order valence-corrected chi connectivity index (χ3v) is 4.31. The number of nitrogens with zero attached hydrogens (tertiary/aromatic N) is 1. The molecule has 6 nitrogen and oxygen atoms in total. The second-order valence-corrected chi connectivity index (χ2v) is 6.32. The van der Waals surface area contributed by atoms with E-state index in [1.807, 2.05) is 13.0 Å². The van der Waals surface area contributed by atoms with Crippen LogP contribution in [0.1, 0.15) is 12.5 Å². The number of carbonyl (C=O) groups is 2. The van der Waals surface area contributed by atoms with Crippen LogP contribution in [-0.2, 0) is 9.59 Å². The molecule has 0 unspecified atom stereocenters. The highest BCUT2D eigenvalue weighted by molar-refractivity contribution is 6.31. The Hall–Kier alpha value is -2.73. The van der Waals surface area contributed by atoms with Gasteiger partial charge in [0.05, 0.1) is 13.7 Å². The minimum Gasteiger partial charge on any atom is -0.497 e. The van der Waals surface area contributed by atoms with Crippen molar-refractivity contribution in [3.8, 4) is 11.5 Å². The van der Waals surface area contributed by atoms with Crippen LogP contribution in [0.25, 0.3) is 0 Å². The molecule has 0 aliphatic carbocycles. The lowest BCUT2D eigenvalue weighted by Gasteiger charge is -2.21. The van der Waals surface area contributed by atoms with Gasteiger partial charge in [-0.1, -0.05) is 17.7 Å². The van der Waals surface area contributed by atoms with Crippen molar-refractivity contribution in [2.75, 3.05) is 31.7 Å². The normalized spacial score (nSPS) is 10.2. The summed E-state index contributed by atoms with van der Waals surface area (Å²) in [5.74, 6) is 0.917. The summed E-state index contributed by atoms with van der Waals surface area (Å²) in [5.41, 5.74) is 1.49. The minimum absolute atomic E-state index is 0.0861. The lowest BCUT2D eigenvalue weighted by molar-refractivity contribution is -0.123. The molecule has 0 aromatic heterocycles. The number of nitrogens with one attached hydrogen (secondary N) is 1. The molecule has 0 saturated heterocycles. The van der Waals surface area contributed by atoms with E-state index < -0.39 is 0 Å². The number of aryl methyl sites for hydroxylation is 1. The van der Waals surface area contributed by atoms with Crippen molar-refractivity contribution in [1.29, 1.82) is 0 Å². The highest BCUT2D eigenvalue weighted by Crippen LogP contribution is 2.23. The molecule has 0 saturated carbocycles. The molecular formula is C20H23ClN2O4. The molecule has 0 radical (unpaired) electrons. The average Bonchev–Trinajstić information content (AvgIpc) is 2.66. The van der Waals surface area contributed by atoms with E-state index in [1.54, 1.807) is 43.5 Å². The first-order valence-electron chi connectivity index (χ1n) is 8.48. The number of ether oxygens (including phenoxy) is 2. The lowest BCUT2D eigenvalue weighted by Crippen LogP contribution is -2.41. The summed E-state index contributed by atoms with van der Waals surface area (Å²) < 4.78 is 10.6. The third kappa shape index (κ3) is 6.18. The van der Waals surface area contributed by atoms with Crippen molar-refractivity contribution in [3.05, 3.63) is 53.1 Å². The summed E-state index contributed by atoms with van der Waals surface area (Å²) in [6.45, 7) is 3.84. The number of benzene rings is 2. The Morgan fingerprint density at radius 3 is 2.37 bits per heavy atom. The summed E-state index contributed by atoms with van der Waals surface area (Å²) in [4.78, 5) is 25.5. The molecule has 7 heteroatoms. The van der Waals surface area contributed by atoms with E-state index in [0.717, 1.165) is 11.3 Å². The molecule has 0 aliphatic rings. The van der Waals surface area contributed by atoms with Gasteiger partial charge in [-0.15, -0.1) is 0 Å². The standard InChI is InChI=1S/C20H23ClN2O4/c1-14-4-5-16(12-19(14)21)23(15(2)24)13-20(25)22-10-11-27-18-8-6-17(26-3)7-9-18/h4-9,12H,10-11,13H2,1-3H3,(H,22,25). The van der Waals surface area contributed by atoms with Gasteiger partial charge in [0.2, 0.25) is 11.8 Å². The molecule has 0 bridgehead atoms. The molecule has 0 aliphatic heterocycles. The summed E-state index contributed by atoms with van der Waals surface area (Å²) in [5, 5.41) is 3.29. The number of hydrogen-bond donors (Lipinski definition) is 1. The van der Waals surface area contributed by atoms with Gasteiger partial charge in [-0.25, -0.2) is 0 Å². The van der Waals surface area contributed by atoms with Gasteiger partial charge in [0, 0.05) is 17.6 Å². The average molecular weight is 391 g/mol. The van der Waals surface area contributed by atoms with E-state index in [4.69, 9.17) is 21.1 Å². The van der Waals surface area contributed by atoms with E-state index in [2.05, 4.69) is 5.32 Å². The van der Waals surface area contributed by atoms with Gasteiger partial charge in [-0.2, -0.15) is 0 Å². The molecule has 0 heterocycles. The predicted molar refractivity (Wildman–Crippen MR) is 106 cm³/mol. The number of amides is 2. The topological polar surface area (TPSA) is 67.9 Å². The second kappa shape index (κ2) is 9.83. The Morgan fingerprint density at radius 2 is 1.78 bits per heavy atom. The number of anilines is 1. The molecule has 2 amide bonds. The maximum absolute atomic E-state index is 12.2. The Kier molecular flexibility index (Phi) is 7.49. The first-order chi connectivity index (χ1) is 12.9. The monoisotopic (exact) mass is 390 g/mol. The fourth-order valence-corrected chi connectivity index (χ4v) is 2.54. The highest BCUT2D eigenvalue weighted by Gasteiger charge is 2.16. The van der Waals surface area contributed by atoms with Crippen molar-refractivity contribution in [2.45, 2.75) is 13.8 Å². The lowest BCUT2D eigenvalue weighted by atomic mass is 10.2. The molecule has 144 valence electrons. The van der Waals surface area contributed by atoms with Crippen LogP contribution in [0.15, 0.2) is 42.5 Å². The van der Waals surface area contributed by atoms with Crippen LogP contribution in [0.2, 0.25) is 5.02 Å². The molecule has 0 atom stereocenters. The van der Waals surface area contributed by atoms with Gasteiger partial charge >= 0.3 is 0 Å². The largest absolute Gasteiger partial charge is 0.497 e. The van der Waals surface area contributed by atoms with Gasteiger partial charge in [0.1, 0.15) is 24.7 Å². The van der Waals surface area contributed by atoms with Crippen LogP contribution >= 0.6 is 11.6 Å².